The Kier molecular flexibility index (Phi) is 5.55. The van der Waals surface area contributed by atoms with Crippen molar-refractivity contribution in [2.75, 3.05) is 44.1 Å². The minimum Gasteiger partial charge on any atom is -0.506 e. The van der Waals surface area contributed by atoms with Crippen molar-refractivity contribution >= 4 is 31.8 Å². The van der Waals surface area contributed by atoms with E-state index in [9.17, 15) is 26.7 Å². The molecule has 5 rings (SSSR count). The number of fused-ring (bicyclic) bond motifs is 1. The summed E-state index contributed by atoms with van der Waals surface area (Å²) in [6.07, 6.45) is 1.26. The van der Waals surface area contributed by atoms with Crippen molar-refractivity contribution in [2.45, 2.75) is 18.1 Å². The fraction of sp³-hybridized carbons (Fsp3) is 0.571. The number of likely N-dealkylation sites (tertiary alicyclic amines) is 1. The summed E-state index contributed by atoms with van der Waals surface area (Å²) in [6.45, 7) is 1.70. The van der Waals surface area contributed by atoms with E-state index >= 15 is 4.39 Å². The lowest BCUT2D eigenvalue weighted by Gasteiger charge is -2.32. The predicted molar refractivity (Wildman–Crippen MR) is 121 cm³/mol. The summed E-state index contributed by atoms with van der Waals surface area (Å²) < 4.78 is 68.9. The SMILES string of the molecule is CN1CCC(S(=O)(=O)N2C[C@@H]3C(C#Cc4ccc(O)c(N5CC(=O)NS5(=O)=O)c4F)[C@@H]3C2)CC1. The molecule has 1 saturated carbocycles. The number of rotatable bonds is 3. The van der Waals surface area contributed by atoms with Crippen LogP contribution in [0.1, 0.15) is 18.4 Å². The standard InChI is InChI=1S/C21H25FN4O6S2/c1-24-8-6-14(7-9-24)33(29,30)25-10-16-15(17(16)11-25)4-2-13-3-5-18(27)21(20(13)22)26-12-19(28)23-34(26,31)32/h3,5,14-17,27H,6-12H2,1H3,(H,23,28)/t15?,16-,17+. The molecule has 13 heteroatoms. The number of piperidine rings is 2. The van der Waals surface area contributed by atoms with Crippen LogP contribution in [0.4, 0.5) is 10.1 Å². The van der Waals surface area contributed by atoms with Gasteiger partial charge in [-0.2, -0.15) is 8.42 Å². The van der Waals surface area contributed by atoms with E-state index in [1.54, 1.807) is 9.03 Å². The number of anilines is 1. The highest BCUT2D eigenvalue weighted by atomic mass is 32.2. The molecule has 3 heterocycles. The van der Waals surface area contributed by atoms with E-state index in [1.165, 1.54) is 6.07 Å². The van der Waals surface area contributed by atoms with E-state index in [2.05, 4.69) is 16.7 Å². The Morgan fingerprint density at radius 3 is 2.41 bits per heavy atom. The van der Waals surface area contributed by atoms with Crippen LogP contribution in [0, 0.1) is 35.4 Å². The molecule has 0 aromatic heterocycles. The van der Waals surface area contributed by atoms with Crippen LogP contribution in [0.2, 0.25) is 0 Å². The average Bonchev–Trinajstić information content (AvgIpc) is 3.07. The number of halogens is 1. The molecule has 10 nitrogen and oxygen atoms in total. The minimum atomic E-state index is -4.29. The number of carbonyl (C=O) groups is 1. The Morgan fingerprint density at radius 2 is 1.82 bits per heavy atom. The summed E-state index contributed by atoms with van der Waals surface area (Å²) in [5.41, 5.74) is -0.736. The van der Waals surface area contributed by atoms with Gasteiger partial charge in [0.05, 0.1) is 10.8 Å². The van der Waals surface area contributed by atoms with E-state index in [4.69, 9.17) is 0 Å². The smallest absolute Gasteiger partial charge is 0.326 e. The fourth-order valence-electron chi connectivity index (χ4n) is 5.10. The Labute approximate surface area is 197 Å². The molecule has 184 valence electrons. The van der Waals surface area contributed by atoms with E-state index < -0.39 is 49.9 Å². The van der Waals surface area contributed by atoms with Gasteiger partial charge in [0.1, 0.15) is 18.0 Å². The molecule has 3 atom stereocenters. The first-order valence-electron chi connectivity index (χ1n) is 11.0. The molecular formula is C21H25FN4O6S2. The van der Waals surface area contributed by atoms with Crippen LogP contribution in [0.25, 0.3) is 0 Å². The number of phenols is 1. The zero-order chi connectivity index (χ0) is 24.4. The van der Waals surface area contributed by atoms with Crippen molar-refractivity contribution < 1.29 is 31.1 Å². The van der Waals surface area contributed by atoms with Gasteiger partial charge in [0.2, 0.25) is 10.0 Å². The lowest BCUT2D eigenvalue weighted by Crippen LogP contribution is -2.44. The van der Waals surface area contributed by atoms with Crippen molar-refractivity contribution in [3.05, 3.63) is 23.5 Å². The number of carbonyl (C=O) groups excluding carboxylic acids is 1. The monoisotopic (exact) mass is 512 g/mol. The van der Waals surface area contributed by atoms with Gasteiger partial charge in [-0.15, -0.1) is 0 Å². The Morgan fingerprint density at radius 1 is 1.18 bits per heavy atom. The number of phenolic OH excluding ortho intramolecular Hbond substituents is 1. The number of hydrogen-bond acceptors (Lipinski definition) is 7. The lowest BCUT2D eigenvalue weighted by molar-refractivity contribution is -0.117. The van der Waals surface area contributed by atoms with E-state index in [-0.39, 0.29) is 28.6 Å². The van der Waals surface area contributed by atoms with Gasteiger partial charge in [-0.05, 0) is 56.9 Å². The highest BCUT2D eigenvalue weighted by molar-refractivity contribution is 7.92. The summed E-state index contributed by atoms with van der Waals surface area (Å²) >= 11 is 0. The zero-order valence-corrected chi connectivity index (χ0v) is 20.1. The molecule has 0 spiro atoms. The predicted octanol–water partition coefficient (Wildman–Crippen LogP) is -0.334. The number of aromatic hydroxyl groups is 1. The van der Waals surface area contributed by atoms with Crippen LogP contribution < -0.4 is 9.03 Å². The molecule has 1 aromatic carbocycles. The highest BCUT2D eigenvalue weighted by Crippen LogP contribution is 2.52. The van der Waals surface area contributed by atoms with Crippen LogP contribution in [0.3, 0.4) is 0 Å². The van der Waals surface area contributed by atoms with Gasteiger partial charge in [-0.3, -0.25) is 4.79 Å². The lowest BCUT2D eigenvalue weighted by atomic mass is 10.1. The van der Waals surface area contributed by atoms with Crippen LogP contribution in [-0.4, -0.2) is 82.1 Å². The molecule has 34 heavy (non-hydrogen) atoms. The second kappa shape index (κ2) is 8.08. The molecule has 3 saturated heterocycles. The minimum absolute atomic E-state index is 0.0700. The quantitative estimate of drug-likeness (QED) is 0.531. The Hall–Kier alpha value is -2.40. The van der Waals surface area contributed by atoms with Gasteiger partial charge in [-0.25, -0.2) is 26.1 Å². The molecule has 4 aliphatic rings. The van der Waals surface area contributed by atoms with Gasteiger partial charge < -0.3 is 10.0 Å². The first-order chi connectivity index (χ1) is 16.0. The second-order valence-corrected chi connectivity index (χ2v) is 13.1. The molecule has 0 radical (unpaired) electrons. The molecule has 3 aliphatic heterocycles. The molecule has 2 N–H and O–H groups in total. The highest BCUT2D eigenvalue weighted by Gasteiger charge is 2.58. The molecular weight excluding hydrogens is 487 g/mol. The summed E-state index contributed by atoms with van der Waals surface area (Å²) in [4.78, 5) is 13.6. The van der Waals surface area contributed by atoms with Gasteiger partial charge in [0, 0.05) is 19.0 Å². The van der Waals surface area contributed by atoms with Crippen LogP contribution >= 0.6 is 0 Å². The summed E-state index contributed by atoms with van der Waals surface area (Å²) in [7, 11) is -5.66. The van der Waals surface area contributed by atoms with Crippen LogP contribution in [-0.2, 0) is 25.0 Å². The van der Waals surface area contributed by atoms with Crippen molar-refractivity contribution in [1.82, 2.24) is 13.9 Å². The maximum absolute atomic E-state index is 15.1. The van der Waals surface area contributed by atoms with Crippen LogP contribution in [0.15, 0.2) is 12.1 Å². The fourth-order valence-corrected chi connectivity index (χ4v) is 8.25. The summed E-state index contributed by atoms with van der Waals surface area (Å²) in [5.74, 6) is 3.33. The molecule has 1 amide bonds. The maximum atomic E-state index is 15.1. The Balaban J connectivity index is 1.29. The van der Waals surface area contributed by atoms with Gasteiger partial charge >= 0.3 is 10.2 Å². The first-order valence-corrected chi connectivity index (χ1v) is 14.0. The number of benzene rings is 1. The molecule has 1 aliphatic carbocycles. The van der Waals surface area contributed by atoms with Gasteiger partial charge in [0.15, 0.2) is 5.82 Å². The summed E-state index contributed by atoms with van der Waals surface area (Å²) in [6, 6.07) is 2.37. The second-order valence-electron chi connectivity index (χ2n) is 9.32. The zero-order valence-electron chi connectivity index (χ0n) is 18.4. The average molecular weight is 513 g/mol. The summed E-state index contributed by atoms with van der Waals surface area (Å²) in [5, 5.41) is 9.70. The third-order valence-electron chi connectivity index (χ3n) is 7.15. The van der Waals surface area contributed by atoms with Gasteiger partial charge in [0.25, 0.3) is 5.91 Å². The van der Waals surface area contributed by atoms with Crippen molar-refractivity contribution in [2.24, 2.45) is 17.8 Å². The molecule has 0 bridgehead atoms. The normalized spacial score (nSPS) is 29.4. The maximum Gasteiger partial charge on any atom is 0.326 e. The number of nitrogens with zero attached hydrogens (tertiary/aromatic N) is 3. The topological polar surface area (TPSA) is 127 Å². The van der Waals surface area contributed by atoms with Crippen LogP contribution in [0.5, 0.6) is 5.75 Å². The van der Waals surface area contributed by atoms with Crippen molar-refractivity contribution in [3.63, 3.8) is 0 Å². The third kappa shape index (κ3) is 3.92. The van der Waals surface area contributed by atoms with E-state index in [0.29, 0.717) is 30.2 Å². The van der Waals surface area contributed by atoms with Crippen molar-refractivity contribution in [3.8, 4) is 17.6 Å². The number of amides is 1. The van der Waals surface area contributed by atoms with E-state index in [0.717, 1.165) is 19.2 Å². The molecule has 1 unspecified atom stereocenters. The third-order valence-corrected chi connectivity index (χ3v) is 10.9. The van der Waals surface area contributed by atoms with Gasteiger partial charge in [-0.1, -0.05) is 11.8 Å². The molecule has 1 aromatic rings. The number of hydrogen-bond donors (Lipinski definition) is 2. The van der Waals surface area contributed by atoms with Crippen molar-refractivity contribution in [1.29, 1.82) is 0 Å². The number of sulfonamides is 1. The number of nitrogens with one attached hydrogen (secondary N) is 1. The molecule has 4 fully saturated rings. The first kappa shape index (κ1) is 23.3. The Bertz CT molecular complexity index is 1300. The van der Waals surface area contributed by atoms with E-state index in [1.807, 2.05) is 7.05 Å². The largest absolute Gasteiger partial charge is 0.506 e.